The second-order valence-electron chi connectivity index (χ2n) is 4.42. The highest BCUT2D eigenvalue weighted by Crippen LogP contribution is 2.14. The molecule has 0 spiro atoms. The van der Waals surface area contributed by atoms with Gasteiger partial charge in [0.25, 0.3) is 5.91 Å². The van der Waals surface area contributed by atoms with E-state index < -0.39 is 5.97 Å². The van der Waals surface area contributed by atoms with Crippen molar-refractivity contribution in [1.29, 1.82) is 0 Å². The van der Waals surface area contributed by atoms with Crippen LogP contribution in [0.25, 0.3) is 0 Å². The smallest absolute Gasteiger partial charge is 0.325 e. The lowest BCUT2D eigenvalue weighted by Gasteiger charge is -2.30. The van der Waals surface area contributed by atoms with Crippen molar-refractivity contribution in [3.05, 3.63) is 11.9 Å². The van der Waals surface area contributed by atoms with E-state index in [0.717, 1.165) is 17.5 Å². The van der Waals surface area contributed by atoms with Crippen LogP contribution in [-0.4, -0.2) is 63.2 Å². The summed E-state index contributed by atoms with van der Waals surface area (Å²) in [6.45, 7) is 0.929. The number of ether oxygens (including phenoxy) is 1. The number of carboxylic acids is 1. The van der Waals surface area contributed by atoms with Gasteiger partial charge in [0.2, 0.25) is 0 Å². The van der Waals surface area contributed by atoms with Crippen LogP contribution in [0.1, 0.15) is 23.3 Å². The van der Waals surface area contributed by atoms with Crippen LogP contribution in [-0.2, 0) is 16.1 Å². The van der Waals surface area contributed by atoms with Gasteiger partial charge in [-0.2, -0.15) is 0 Å². The maximum Gasteiger partial charge on any atom is 0.325 e. The van der Waals surface area contributed by atoms with Crippen LogP contribution in [0.3, 0.4) is 0 Å². The van der Waals surface area contributed by atoms with E-state index in [2.05, 4.69) is 10.3 Å². The molecule has 1 aromatic rings. The van der Waals surface area contributed by atoms with Crippen molar-refractivity contribution in [3.8, 4) is 0 Å². The molecule has 1 amide bonds. The molecule has 2 heterocycles. The van der Waals surface area contributed by atoms with Gasteiger partial charge in [-0.05, 0) is 12.8 Å². The van der Waals surface area contributed by atoms with Crippen molar-refractivity contribution in [3.63, 3.8) is 0 Å². The Kier molecular flexibility index (Phi) is 4.10. The van der Waals surface area contributed by atoms with E-state index in [9.17, 15) is 9.59 Å². The standard InChI is InChI=1S/C11H16N4O4/c1-19-8-2-4-14(5-3-8)11(18)9-6-15(13-12-9)7-10(16)17/h6,8H,2-5,7H2,1H3,(H,16,17). The summed E-state index contributed by atoms with van der Waals surface area (Å²) in [6.07, 6.45) is 3.15. The number of amides is 1. The van der Waals surface area contributed by atoms with E-state index in [0.29, 0.717) is 13.1 Å². The van der Waals surface area contributed by atoms with Gasteiger partial charge in [-0.3, -0.25) is 9.59 Å². The lowest BCUT2D eigenvalue weighted by Crippen LogP contribution is -2.40. The number of nitrogens with zero attached hydrogens (tertiary/aromatic N) is 4. The first-order chi connectivity index (χ1) is 9.10. The summed E-state index contributed by atoms with van der Waals surface area (Å²) in [5, 5.41) is 15.9. The number of aromatic nitrogens is 3. The molecule has 0 bridgehead atoms. The highest BCUT2D eigenvalue weighted by atomic mass is 16.5. The zero-order valence-corrected chi connectivity index (χ0v) is 10.7. The molecule has 1 N–H and O–H groups in total. The number of likely N-dealkylation sites (tertiary alicyclic amines) is 1. The number of rotatable bonds is 4. The molecule has 0 atom stereocenters. The second-order valence-corrected chi connectivity index (χ2v) is 4.42. The van der Waals surface area contributed by atoms with Gasteiger partial charge < -0.3 is 14.7 Å². The normalized spacial score (nSPS) is 16.6. The highest BCUT2D eigenvalue weighted by Gasteiger charge is 2.25. The first-order valence-corrected chi connectivity index (χ1v) is 6.04. The summed E-state index contributed by atoms with van der Waals surface area (Å²) >= 11 is 0. The number of carbonyl (C=O) groups is 2. The molecular weight excluding hydrogens is 252 g/mol. The summed E-state index contributed by atoms with van der Waals surface area (Å²) in [5.74, 6) is -1.24. The molecule has 1 aliphatic rings. The van der Waals surface area contributed by atoms with Gasteiger partial charge in [0, 0.05) is 20.2 Å². The minimum absolute atomic E-state index is 0.178. The van der Waals surface area contributed by atoms with Crippen molar-refractivity contribution < 1.29 is 19.4 Å². The van der Waals surface area contributed by atoms with E-state index in [1.807, 2.05) is 0 Å². The molecule has 8 heteroatoms. The Morgan fingerprint density at radius 3 is 2.74 bits per heavy atom. The lowest BCUT2D eigenvalue weighted by molar-refractivity contribution is -0.137. The molecule has 0 unspecified atom stereocenters. The fourth-order valence-corrected chi connectivity index (χ4v) is 2.07. The molecule has 8 nitrogen and oxygen atoms in total. The number of aliphatic carboxylic acids is 1. The molecule has 19 heavy (non-hydrogen) atoms. The Balaban J connectivity index is 1.96. The van der Waals surface area contributed by atoms with E-state index >= 15 is 0 Å². The molecule has 0 aromatic carbocycles. The SMILES string of the molecule is COC1CCN(C(=O)c2cn(CC(=O)O)nn2)CC1. The van der Waals surface area contributed by atoms with Crippen LogP contribution in [0.15, 0.2) is 6.20 Å². The van der Waals surface area contributed by atoms with Gasteiger partial charge in [0.15, 0.2) is 5.69 Å². The number of hydrogen-bond donors (Lipinski definition) is 1. The Bertz CT molecular complexity index is 465. The molecule has 1 fully saturated rings. The fraction of sp³-hybridized carbons (Fsp3) is 0.636. The van der Waals surface area contributed by atoms with Crippen LogP contribution in [0.4, 0.5) is 0 Å². The monoisotopic (exact) mass is 268 g/mol. The molecular formula is C11H16N4O4. The number of carbonyl (C=O) groups excluding carboxylic acids is 1. The molecule has 0 aliphatic carbocycles. The molecule has 1 aromatic heterocycles. The van der Waals surface area contributed by atoms with Crippen LogP contribution < -0.4 is 0 Å². The van der Waals surface area contributed by atoms with E-state index in [4.69, 9.17) is 9.84 Å². The topological polar surface area (TPSA) is 97.5 Å². The summed E-state index contributed by atoms with van der Waals surface area (Å²) in [5.41, 5.74) is 0.178. The number of carboxylic acid groups (broad SMARTS) is 1. The molecule has 0 radical (unpaired) electrons. The van der Waals surface area contributed by atoms with Crippen molar-refractivity contribution in [2.75, 3.05) is 20.2 Å². The molecule has 1 aliphatic heterocycles. The van der Waals surface area contributed by atoms with E-state index in [1.54, 1.807) is 12.0 Å². The first kappa shape index (κ1) is 13.5. The summed E-state index contributed by atoms with van der Waals surface area (Å²) in [6, 6.07) is 0. The average Bonchev–Trinajstić information content (AvgIpc) is 2.85. The lowest BCUT2D eigenvalue weighted by atomic mass is 10.1. The van der Waals surface area contributed by atoms with Gasteiger partial charge in [0.1, 0.15) is 6.54 Å². The predicted molar refractivity (Wildman–Crippen MR) is 63.6 cm³/mol. The largest absolute Gasteiger partial charge is 0.480 e. The molecule has 2 rings (SSSR count). The minimum atomic E-state index is -1.02. The van der Waals surface area contributed by atoms with Crippen LogP contribution in [0.2, 0.25) is 0 Å². The summed E-state index contributed by atoms with van der Waals surface area (Å²) < 4.78 is 6.37. The molecule has 104 valence electrons. The van der Waals surface area contributed by atoms with Gasteiger partial charge in [-0.25, -0.2) is 4.68 Å². The zero-order chi connectivity index (χ0) is 13.8. The Labute approximate surface area is 109 Å². The third-order valence-electron chi connectivity index (χ3n) is 3.12. The second kappa shape index (κ2) is 5.79. The maximum atomic E-state index is 12.1. The quantitative estimate of drug-likeness (QED) is 0.799. The Hall–Kier alpha value is -1.96. The van der Waals surface area contributed by atoms with Gasteiger partial charge in [-0.1, -0.05) is 5.21 Å². The van der Waals surface area contributed by atoms with E-state index in [-0.39, 0.29) is 24.2 Å². The number of hydrogen-bond acceptors (Lipinski definition) is 5. The van der Waals surface area contributed by atoms with Crippen LogP contribution in [0.5, 0.6) is 0 Å². The minimum Gasteiger partial charge on any atom is -0.480 e. The maximum absolute atomic E-state index is 12.1. The zero-order valence-electron chi connectivity index (χ0n) is 10.7. The van der Waals surface area contributed by atoms with E-state index in [1.165, 1.54) is 6.20 Å². The van der Waals surface area contributed by atoms with Crippen LogP contribution >= 0.6 is 0 Å². The molecule has 1 saturated heterocycles. The first-order valence-electron chi connectivity index (χ1n) is 6.04. The third kappa shape index (κ3) is 3.28. The third-order valence-corrected chi connectivity index (χ3v) is 3.12. The Morgan fingerprint density at radius 1 is 1.47 bits per heavy atom. The fourth-order valence-electron chi connectivity index (χ4n) is 2.07. The van der Waals surface area contributed by atoms with Gasteiger partial charge in [0.05, 0.1) is 12.3 Å². The number of piperidine rings is 1. The highest BCUT2D eigenvalue weighted by molar-refractivity contribution is 5.92. The van der Waals surface area contributed by atoms with Crippen molar-refractivity contribution in [2.24, 2.45) is 0 Å². The molecule has 0 saturated carbocycles. The number of methoxy groups -OCH3 is 1. The Morgan fingerprint density at radius 2 is 2.16 bits per heavy atom. The van der Waals surface area contributed by atoms with Crippen LogP contribution in [0, 0.1) is 0 Å². The summed E-state index contributed by atoms with van der Waals surface area (Å²) in [7, 11) is 1.67. The predicted octanol–water partition coefficient (Wildman–Crippen LogP) is -0.386. The van der Waals surface area contributed by atoms with Crippen molar-refractivity contribution in [2.45, 2.75) is 25.5 Å². The van der Waals surface area contributed by atoms with Gasteiger partial charge >= 0.3 is 5.97 Å². The average molecular weight is 268 g/mol. The van der Waals surface area contributed by atoms with Crippen molar-refractivity contribution >= 4 is 11.9 Å². The summed E-state index contributed by atoms with van der Waals surface area (Å²) in [4.78, 5) is 24.3. The van der Waals surface area contributed by atoms with Gasteiger partial charge in [-0.15, -0.1) is 5.10 Å². The van der Waals surface area contributed by atoms with Crippen molar-refractivity contribution in [1.82, 2.24) is 19.9 Å².